The Bertz CT molecular complexity index is 607. The number of aliphatic imine (C=N–C) groups is 1. The smallest absolute Gasteiger partial charge is 0.193 e. The molecule has 1 aromatic heterocycles. The fraction of sp³-hybridized carbons (Fsp3) is 0.333. The standard InChI is InChI=1S/C15H20N4S.HI/c1-10(2)12-5-4-6-13(7-12)19-15(16)17-8-14-11(3)18-9-20-14;/h4-7,9-10H,8H2,1-3H3,(H3,16,17,19);1H. The van der Waals surface area contributed by atoms with Gasteiger partial charge in [-0.1, -0.05) is 26.0 Å². The summed E-state index contributed by atoms with van der Waals surface area (Å²) in [6.07, 6.45) is 0. The van der Waals surface area contributed by atoms with Gasteiger partial charge in [0.2, 0.25) is 0 Å². The minimum Gasteiger partial charge on any atom is -0.370 e. The predicted octanol–water partition coefficient (Wildman–Crippen LogP) is 4.12. The van der Waals surface area contributed by atoms with E-state index in [1.54, 1.807) is 11.3 Å². The number of halogens is 1. The molecule has 3 N–H and O–H groups in total. The van der Waals surface area contributed by atoms with Crippen molar-refractivity contribution in [2.24, 2.45) is 10.7 Å². The second-order valence-electron chi connectivity index (χ2n) is 4.97. The molecule has 0 fully saturated rings. The summed E-state index contributed by atoms with van der Waals surface area (Å²) in [5, 5.41) is 3.13. The van der Waals surface area contributed by atoms with E-state index in [1.165, 1.54) is 5.56 Å². The van der Waals surface area contributed by atoms with E-state index in [0.29, 0.717) is 18.4 Å². The monoisotopic (exact) mass is 416 g/mol. The van der Waals surface area contributed by atoms with Gasteiger partial charge in [-0.2, -0.15) is 0 Å². The SMILES string of the molecule is Cc1ncsc1CN=C(N)Nc1cccc(C(C)C)c1.I. The summed E-state index contributed by atoms with van der Waals surface area (Å²) in [7, 11) is 0. The van der Waals surface area contributed by atoms with Crippen LogP contribution in [0.15, 0.2) is 34.8 Å². The normalized spacial score (nSPS) is 11.3. The number of hydrogen-bond donors (Lipinski definition) is 2. The first kappa shape index (κ1) is 17.9. The van der Waals surface area contributed by atoms with Gasteiger partial charge in [-0.3, -0.25) is 0 Å². The van der Waals surface area contributed by atoms with Crippen molar-refractivity contribution in [3.8, 4) is 0 Å². The number of rotatable bonds is 4. The van der Waals surface area contributed by atoms with Crippen LogP contribution in [0.5, 0.6) is 0 Å². The molecule has 0 atom stereocenters. The van der Waals surface area contributed by atoms with Crippen LogP contribution in [0.25, 0.3) is 0 Å². The number of nitrogens with zero attached hydrogens (tertiary/aromatic N) is 2. The summed E-state index contributed by atoms with van der Waals surface area (Å²) in [6.45, 7) is 6.89. The first-order valence-corrected chi connectivity index (χ1v) is 7.50. The molecule has 0 spiro atoms. The molecule has 21 heavy (non-hydrogen) atoms. The highest BCUT2D eigenvalue weighted by Crippen LogP contribution is 2.18. The molecule has 0 aliphatic carbocycles. The second kappa shape index (κ2) is 8.33. The van der Waals surface area contributed by atoms with Crippen LogP contribution in [0.1, 0.15) is 35.9 Å². The Balaban J connectivity index is 0.00000220. The molecule has 0 aliphatic rings. The molecule has 0 aliphatic heterocycles. The predicted molar refractivity (Wildman–Crippen MR) is 102 cm³/mol. The number of hydrogen-bond acceptors (Lipinski definition) is 3. The highest BCUT2D eigenvalue weighted by molar-refractivity contribution is 14.0. The fourth-order valence-corrected chi connectivity index (χ4v) is 2.50. The van der Waals surface area contributed by atoms with Gasteiger partial charge < -0.3 is 11.1 Å². The van der Waals surface area contributed by atoms with Crippen molar-refractivity contribution in [1.29, 1.82) is 0 Å². The summed E-state index contributed by atoms with van der Waals surface area (Å²) in [4.78, 5) is 9.69. The van der Waals surface area contributed by atoms with E-state index in [9.17, 15) is 0 Å². The fourth-order valence-electron chi connectivity index (χ4n) is 1.80. The largest absolute Gasteiger partial charge is 0.370 e. The Labute approximate surface area is 146 Å². The lowest BCUT2D eigenvalue weighted by Crippen LogP contribution is -2.22. The zero-order valence-electron chi connectivity index (χ0n) is 12.5. The molecular weight excluding hydrogens is 395 g/mol. The Kier molecular flexibility index (Phi) is 7.10. The number of aromatic nitrogens is 1. The number of anilines is 1. The number of benzene rings is 1. The first-order valence-electron chi connectivity index (χ1n) is 6.62. The maximum absolute atomic E-state index is 5.92. The van der Waals surface area contributed by atoms with E-state index in [-0.39, 0.29) is 24.0 Å². The molecule has 2 rings (SSSR count). The van der Waals surface area contributed by atoms with Gasteiger partial charge in [0, 0.05) is 10.6 Å². The average molecular weight is 416 g/mol. The Morgan fingerprint density at radius 2 is 2.19 bits per heavy atom. The van der Waals surface area contributed by atoms with E-state index < -0.39 is 0 Å². The Morgan fingerprint density at radius 1 is 1.43 bits per heavy atom. The van der Waals surface area contributed by atoms with Crippen LogP contribution in [0.3, 0.4) is 0 Å². The van der Waals surface area contributed by atoms with Crippen LogP contribution in [0.4, 0.5) is 5.69 Å². The van der Waals surface area contributed by atoms with Crippen LogP contribution in [-0.4, -0.2) is 10.9 Å². The molecule has 0 unspecified atom stereocenters. The molecule has 114 valence electrons. The summed E-state index contributed by atoms with van der Waals surface area (Å²) in [5.74, 6) is 0.925. The topological polar surface area (TPSA) is 63.3 Å². The number of aryl methyl sites for hydroxylation is 1. The van der Waals surface area contributed by atoms with Gasteiger partial charge in [0.05, 0.1) is 17.7 Å². The quantitative estimate of drug-likeness (QED) is 0.448. The minimum atomic E-state index is 0. The lowest BCUT2D eigenvalue weighted by Gasteiger charge is -2.09. The maximum Gasteiger partial charge on any atom is 0.193 e. The summed E-state index contributed by atoms with van der Waals surface area (Å²) in [5.41, 5.74) is 11.0. The second-order valence-corrected chi connectivity index (χ2v) is 5.91. The Morgan fingerprint density at radius 3 is 2.81 bits per heavy atom. The zero-order valence-corrected chi connectivity index (χ0v) is 15.6. The molecule has 4 nitrogen and oxygen atoms in total. The van der Waals surface area contributed by atoms with Crippen molar-refractivity contribution >= 4 is 47.0 Å². The molecule has 0 saturated heterocycles. The van der Waals surface area contributed by atoms with Crippen molar-refractivity contribution in [1.82, 2.24) is 4.98 Å². The van der Waals surface area contributed by atoms with Gasteiger partial charge in [0.25, 0.3) is 0 Å². The minimum absolute atomic E-state index is 0. The van der Waals surface area contributed by atoms with Crippen LogP contribution < -0.4 is 11.1 Å². The first-order chi connectivity index (χ1) is 9.56. The van der Waals surface area contributed by atoms with E-state index in [2.05, 4.69) is 41.3 Å². The number of nitrogens with one attached hydrogen (secondary N) is 1. The van der Waals surface area contributed by atoms with E-state index >= 15 is 0 Å². The molecule has 1 heterocycles. The third-order valence-corrected chi connectivity index (χ3v) is 3.98. The van der Waals surface area contributed by atoms with Crippen molar-refractivity contribution in [3.63, 3.8) is 0 Å². The molecule has 0 amide bonds. The lowest BCUT2D eigenvalue weighted by atomic mass is 10.0. The molecule has 2 aromatic rings. The molecule has 0 saturated carbocycles. The van der Waals surface area contributed by atoms with Crippen molar-refractivity contribution in [3.05, 3.63) is 45.9 Å². The zero-order chi connectivity index (χ0) is 14.5. The lowest BCUT2D eigenvalue weighted by molar-refractivity contribution is 0.867. The molecule has 1 aromatic carbocycles. The molecule has 6 heteroatoms. The van der Waals surface area contributed by atoms with Crippen molar-refractivity contribution < 1.29 is 0 Å². The van der Waals surface area contributed by atoms with Crippen molar-refractivity contribution in [2.45, 2.75) is 33.2 Å². The van der Waals surface area contributed by atoms with Gasteiger partial charge in [-0.25, -0.2) is 9.98 Å². The molecular formula is C15H21IN4S. The van der Waals surface area contributed by atoms with Gasteiger partial charge in [0.15, 0.2) is 5.96 Å². The van der Waals surface area contributed by atoms with Crippen LogP contribution in [0, 0.1) is 6.92 Å². The van der Waals surface area contributed by atoms with Gasteiger partial charge >= 0.3 is 0 Å². The highest BCUT2D eigenvalue weighted by Gasteiger charge is 2.02. The summed E-state index contributed by atoms with van der Waals surface area (Å²) >= 11 is 1.60. The summed E-state index contributed by atoms with van der Waals surface area (Å²) < 4.78 is 0. The number of guanidine groups is 1. The van der Waals surface area contributed by atoms with E-state index in [1.807, 2.05) is 24.6 Å². The molecule has 0 radical (unpaired) electrons. The Hall–Kier alpha value is -1.15. The van der Waals surface area contributed by atoms with Gasteiger partial charge in [-0.05, 0) is 30.5 Å². The van der Waals surface area contributed by atoms with Gasteiger partial charge in [0.1, 0.15) is 0 Å². The van der Waals surface area contributed by atoms with E-state index in [0.717, 1.165) is 16.3 Å². The average Bonchev–Trinajstić information content (AvgIpc) is 2.82. The summed E-state index contributed by atoms with van der Waals surface area (Å²) in [6, 6.07) is 8.24. The maximum atomic E-state index is 5.92. The molecule has 0 bridgehead atoms. The number of thiazole rings is 1. The number of nitrogens with two attached hydrogens (primary N) is 1. The van der Waals surface area contributed by atoms with Crippen molar-refractivity contribution in [2.75, 3.05) is 5.32 Å². The highest BCUT2D eigenvalue weighted by atomic mass is 127. The van der Waals surface area contributed by atoms with Crippen LogP contribution in [0.2, 0.25) is 0 Å². The van der Waals surface area contributed by atoms with E-state index in [4.69, 9.17) is 5.73 Å². The third-order valence-electron chi connectivity index (χ3n) is 3.06. The third kappa shape index (κ3) is 5.28. The van der Waals surface area contributed by atoms with Gasteiger partial charge in [-0.15, -0.1) is 35.3 Å². The van der Waals surface area contributed by atoms with Crippen LogP contribution in [-0.2, 0) is 6.54 Å². The van der Waals surface area contributed by atoms with Crippen LogP contribution >= 0.6 is 35.3 Å².